The highest BCUT2D eigenvalue weighted by atomic mass is 32.2. The maximum Gasteiger partial charge on any atom is 0.286 e. The fourth-order valence-corrected chi connectivity index (χ4v) is 4.59. The predicted molar refractivity (Wildman–Crippen MR) is 136 cm³/mol. The highest BCUT2D eigenvalue weighted by Gasteiger charge is 2.28. The van der Waals surface area contributed by atoms with Crippen LogP contribution in [0.15, 0.2) is 35.4 Å². The number of aromatic nitrogens is 4. The minimum absolute atomic E-state index is 0.00685. The number of methoxy groups -OCH3 is 2. The lowest BCUT2D eigenvalue weighted by Crippen LogP contribution is -2.33. The molecule has 0 spiro atoms. The SMILES string of the molecule is CCCCc1nc(O)c(NS(=O)(=O)[C@@H](C)Cc2ncc(C)cn2)c(=O)n1-c1c(OC)cccc1OC. The average molecular weight is 518 g/mol. The predicted octanol–water partition coefficient (Wildman–Crippen LogP) is 2.77. The topological polar surface area (TPSA) is 146 Å². The molecular formula is C24H31N5O6S. The van der Waals surface area contributed by atoms with Gasteiger partial charge in [0.1, 0.15) is 28.8 Å². The van der Waals surface area contributed by atoms with Crippen LogP contribution in [0.2, 0.25) is 0 Å². The van der Waals surface area contributed by atoms with Gasteiger partial charge in [-0.05, 0) is 38.0 Å². The van der Waals surface area contributed by atoms with Gasteiger partial charge in [0.2, 0.25) is 15.9 Å². The van der Waals surface area contributed by atoms with Crippen LogP contribution in [-0.2, 0) is 22.9 Å². The molecule has 2 aromatic heterocycles. The van der Waals surface area contributed by atoms with Gasteiger partial charge in [-0.2, -0.15) is 4.98 Å². The average Bonchev–Trinajstić information content (AvgIpc) is 2.86. The summed E-state index contributed by atoms with van der Waals surface area (Å²) in [7, 11) is -1.24. The molecule has 1 aromatic carbocycles. The van der Waals surface area contributed by atoms with Gasteiger partial charge in [-0.25, -0.2) is 18.4 Å². The van der Waals surface area contributed by atoms with Crippen LogP contribution in [0.25, 0.3) is 5.69 Å². The summed E-state index contributed by atoms with van der Waals surface area (Å²) < 4.78 is 40.6. The van der Waals surface area contributed by atoms with Crippen LogP contribution < -0.4 is 19.8 Å². The smallest absolute Gasteiger partial charge is 0.286 e. The maximum atomic E-state index is 13.7. The van der Waals surface area contributed by atoms with E-state index in [-0.39, 0.29) is 17.9 Å². The zero-order valence-electron chi connectivity index (χ0n) is 21.0. The number of benzene rings is 1. The number of ether oxygens (including phenoxy) is 2. The second kappa shape index (κ2) is 11.4. The molecule has 1 atom stereocenters. The van der Waals surface area contributed by atoms with Crippen molar-refractivity contribution in [3.8, 4) is 23.1 Å². The molecule has 0 unspecified atom stereocenters. The number of nitrogens with one attached hydrogen (secondary N) is 1. The van der Waals surface area contributed by atoms with Gasteiger partial charge in [-0.1, -0.05) is 19.4 Å². The van der Waals surface area contributed by atoms with Crippen molar-refractivity contribution in [2.75, 3.05) is 18.9 Å². The zero-order chi connectivity index (χ0) is 26.5. The van der Waals surface area contributed by atoms with Crippen LogP contribution in [0, 0.1) is 6.92 Å². The van der Waals surface area contributed by atoms with E-state index in [4.69, 9.17) is 9.47 Å². The van der Waals surface area contributed by atoms with Crippen LogP contribution >= 0.6 is 0 Å². The second-order valence-electron chi connectivity index (χ2n) is 8.32. The summed E-state index contributed by atoms with van der Waals surface area (Å²) in [6.45, 7) is 5.27. The maximum absolute atomic E-state index is 13.7. The monoisotopic (exact) mass is 517 g/mol. The lowest BCUT2D eigenvalue weighted by molar-refractivity contribution is 0.388. The first-order valence-electron chi connectivity index (χ1n) is 11.5. The van der Waals surface area contributed by atoms with Gasteiger partial charge in [0.05, 0.1) is 19.5 Å². The fourth-order valence-electron chi connectivity index (χ4n) is 3.56. The van der Waals surface area contributed by atoms with Crippen molar-refractivity contribution in [1.82, 2.24) is 19.5 Å². The van der Waals surface area contributed by atoms with E-state index in [1.165, 1.54) is 25.7 Å². The first-order valence-corrected chi connectivity index (χ1v) is 13.0. The Morgan fingerprint density at radius 3 is 2.31 bits per heavy atom. The summed E-state index contributed by atoms with van der Waals surface area (Å²) in [5.74, 6) is 0.512. The van der Waals surface area contributed by atoms with Gasteiger partial charge in [-0.15, -0.1) is 0 Å². The number of anilines is 1. The van der Waals surface area contributed by atoms with Crippen molar-refractivity contribution < 1.29 is 23.0 Å². The molecule has 0 saturated heterocycles. The Kier molecular flexibility index (Phi) is 8.51. The van der Waals surface area contributed by atoms with Crippen LogP contribution in [0.5, 0.6) is 17.4 Å². The van der Waals surface area contributed by atoms with E-state index in [0.29, 0.717) is 30.2 Å². The van der Waals surface area contributed by atoms with Gasteiger partial charge in [-0.3, -0.25) is 14.1 Å². The highest BCUT2D eigenvalue weighted by Crippen LogP contribution is 2.33. The lowest BCUT2D eigenvalue weighted by Gasteiger charge is -2.20. The molecule has 3 aromatic rings. The van der Waals surface area contributed by atoms with E-state index in [1.807, 2.05) is 13.8 Å². The first kappa shape index (κ1) is 26.9. The molecule has 0 saturated carbocycles. The number of rotatable bonds is 11. The summed E-state index contributed by atoms with van der Waals surface area (Å²) in [5, 5.41) is 9.62. The number of aryl methyl sites for hydroxylation is 2. The number of aromatic hydroxyl groups is 1. The Balaban J connectivity index is 2.11. The fraction of sp³-hybridized carbons (Fsp3) is 0.417. The van der Waals surface area contributed by atoms with E-state index < -0.39 is 32.4 Å². The molecule has 0 fully saturated rings. The molecule has 0 aliphatic heterocycles. The van der Waals surface area contributed by atoms with Crippen LogP contribution in [0.1, 0.15) is 43.9 Å². The second-order valence-corrected chi connectivity index (χ2v) is 10.4. The Bertz CT molecular complexity index is 1350. The third-order valence-corrected chi connectivity index (χ3v) is 7.31. The molecule has 12 heteroatoms. The molecule has 0 aliphatic carbocycles. The van der Waals surface area contributed by atoms with Gasteiger partial charge >= 0.3 is 0 Å². The normalized spacial score (nSPS) is 12.2. The molecule has 2 N–H and O–H groups in total. The van der Waals surface area contributed by atoms with Crippen LogP contribution in [0.3, 0.4) is 0 Å². The largest absolute Gasteiger partial charge is 0.494 e. The van der Waals surface area contributed by atoms with E-state index in [0.717, 1.165) is 12.0 Å². The summed E-state index contributed by atoms with van der Waals surface area (Å²) in [4.78, 5) is 26.2. The van der Waals surface area contributed by atoms with Gasteiger partial charge in [0, 0.05) is 25.2 Å². The van der Waals surface area contributed by atoms with Gasteiger partial charge < -0.3 is 14.6 Å². The molecule has 0 radical (unpaired) electrons. The van der Waals surface area contributed by atoms with Gasteiger partial charge in [0.15, 0.2) is 5.69 Å². The Labute approximate surface area is 210 Å². The standard InChI is InChI=1S/C24H31N5O6S/c1-6-7-11-20-27-23(30)21(24(31)29(20)22-17(34-4)9-8-10-18(22)35-5)28-36(32,33)16(3)12-19-25-13-15(2)14-26-19/h8-10,13-14,16,28,30H,6-7,11-12H2,1-5H3/t16-/m0/s1. The Morgan fingerprint density at radius 2 is 1.75 bits per heavy atom. The number of para-hydroxylation sites is 1. The summed E-state index contributed by atoms with van der Waals surface area (Å²) in [6.07, 6.45) is 5.05. The van der Waals surface area contributed by atoms with Crippen molar-refractivity contribution in [2.24, 2.45) is 0 Å². The summed E-state index contributed by atoms with van der Waals surface area (Å²) in [5.41, 5.74) is -0.273. The first-order chi connectivity index (χ1) is 17.1. The third-order valence-electron chi connectivity index (χ3n) is 5.59. The molecule has 2 heterocycles. The molecule has 11 nitrogen and oxygen atoms in total. The summed E-state index contributed by atoms with van der Waals surface area (Å²) >= 11 is 0. The van der Waals surface area contributed by atoms with Crippen LogP contribution in [-0.4, -0.2) is 52.5 Å². The quantitative estimate of drug-likeness (QED) is 0.392. The lowest BCUT2D eigenvalue weighted by atomic mass is 10.2. The van der Waals surface area contributed by atoms with E-state index in [1.54, 1.807) is 30.6 Å². The van der Waals surface area contributed by atoms with Crippen molar-refractivity contribution in [3.05, 3.63) is 58.2 Å². The van der Waals surface area contributed by atoms with Crippen molar-refractivity contribution >= 4 is 15.7 Å². The van der Waals surface area contributed by atoms with Gasteiger partial charge in [0.25, 0.3) is 5.56 Å². The number of unbranched alkanes of at least 4 members (excludes halogenated alkanes) is 1. The molecule has 0 amide bonds. The number of hydrogen-bond acceptors (Lipinski definition) is 9. The Hall–Kier alpha value is -3.67. The third kappa shape index (κ3) is 5.76. The van der Waals surface area contributed by atoms with Crippen molar-refractivity contribution in [2.45, 2.75) is 51.7 Å². The Morgan fingerprint density at radius 1 is 1.14 bits per heavy atom. The molecule has 3 rings (SSSR count). The minimum Gasteiger partial charge on any atom is -0.494 e. The van der Waals surface area contributed by atoms with Crippen molar-refractivity contribution in [3.63, 3.8) is 0 Å². The van der Waals surface area contributed by atoms with E-state index in [9.17, 15) is 18.3 Å². The molecular weight excluding hydrogens is 486 g/mol. The zero-order valence-corrected chi connectivity index (χ0v) is 21.8. The summed E-state index contributed by atoms with van der Waals surface area (Å²) in [6, 6.07) is 4.99. The highest BCUT2D eigenvalue weighted by molar-refractivity contribution is 7.93. The number of hydrogen-bond donors (Lipinski definition) is 2. The minimum atomic E-state index is -4.13. The van der Waals surface area contributed by atoms with Crippen molar-refractivity contribution in [1.29, 1.82) is 0 Å². The van der Waals surface area contributed by atoms with Crippen LogP contribution in [0.4, 0.5) is 5.69 Å². The van der Waals surface area contributed by atoms with E-state index in [2.05, 4.69) is 19.7 Å². The van der Waals surface area contributed by atoms with E-state index >= 15 is 0 Å². The molecule has 0 bridgehead atoms. The number of nitrogens with zero attached hydrogens (tertiary/aromatic N) is 4. The molecule has 0 aliphatic rings. The molecule has 36 heavy (non-hydrogen) atoms. The number of sulfonamides is 1. The molecule has 194 valence electrons.